The lowest BCUT2D eigenvalue weighted by atomic mass is 10.2. The lowest BCUT2D eigenvalue weighted by molar-refractivity contribution is 0.112. The SMILES string of the molecule is Cn1cc(C=O)c(-c2cnoc2)n1. The number of nitrogens with zero attached hydrogens (tertiary/aromatic N) is 3. The van der Waals surface area contributed by atoms with Gasteiger partial charge >= 0.3 is 0 Å². The predicted molar refractivity (Wildman–Crippen MR) is 44.1 cm³/mol. The summed E-state index contributed by atoms with van der Waals surface area (Å²) in [5.41, 5.74) is 1.84. The van der Waals surface area contributed by atoms with Crippen molar-refractivity contribution < 1.29 is 9.32 Å². The lowest BCUT2D eigenvalue weighted by Gasteiger charge is -1.87. The molecule has 2 heterocycles. The van der Waals surface area contributed by atoms with E-state index in [2.05, 4.69) is 14.8 Å². The molecule has 66 valence electrons. The summed E-state index contributed by atoms with van der Waals surface area (Å²) in [6, 6.07) is 0. The standard InChI is InChI=1S/C8H7N3O2/c1-11-3-7(4-12)8(10-11)6-2-9-13-5-6/h2-5H,1H3. The van der Waals surface area contributed by atoms with Gasteiger partial charge in [-0.15, -0.1) is 0 Å². The van der Waals surface area contributed by atoms with Gasteiger partial charge in [-0.05, 0) is 0 Å². The molecule has 0 fully saturated rings. The number of rotatable bonds is 2. The van der Waals surface area contributed by atoms with Crippen LogP contribution in [-0.2, 0) is 7.05 Å². The first-order chi connectivity index (χ1) is 6.31. The normalized spacial score (nSPS) is 10.2. The molecule has 0 radical (unpaired) electrons. The zero-order chi connectivity index (χ0) is 9.26. The average Bonchev–Trinajstić information content (AvgIpc) is 2.71. The topological polar surface area (TPSA) is 60.9 Å². The molecule has 2 aromatic heterocycles. The highest BCUT2D eigenvalue weighted by atomic mass is 16.5. The Morgan fingerprint density at radius 3 is 3.08 bits per heavy atom. The third-order valence-electron chi connectivity index (χ3n) is 1.69. The summed E-state index contributed by atoms with van der Waals surface area (Å²) < 4.78 is 6.24. The fourth-order valence-electron chi connectivity index (χ4n) is 1.14. The number of hydrogen-bond donors (Lipinski definition) is 0. The molecular formula is C8H7N3O2. The minimum atomic E-state index is 0.533. The summed E-state index contributed by atoms with van der Waals surface area (Å²) in [6.07, 6.45) is 5.38. The molecule has 0 spiro atoms. The second kappa shape index (κ2) is 2.85. The summed E-state index contributed by atoms with van der Waals surface area (Å²) in [4.78, 5) is 10.6. The van der Waals surface area contributed by atoms with Crippen molar-refractivity contribution in [2.75, 3.05) is 0 Å². The summed E-state index contributed by atoms with van der Waals surface area (Å²) in [7, 11) is 1.75. The molecule has 0 aliphatic carbocycles. The minimum Gasteiger partial charge on any atom is -0.364 e. The summed E-state index contributed by atoms with van der Waals surface area (Å²) >= 11 is 0. The molecule has 0 aromatic carbocycles. The smallest absolute Gasteiger partial charge is 0.153 e. The van der Waals surface area contributed by atoms with Crippen LogP contribution in [0.15, 0.2) is 23.2 Å². The summed E-state index contributed by atoms with van der Waals surface area (Å²) in [5, 5.41) is 7.65. The quantitative estimate of drug-likeness (QED) is 0.639. The van der Waals surface area contributed by atoms with Gasteiger partial charge in [0.15, 0.2) is 6.29 Å². The Morgan fingerprint density at radius 2 is 2.46 bits per heavy atom. The Balaban J connectivity index is 2.56. The molecule has 0 aliphatic rings. The van der Waals surface area contributed by atoms with Crippen molar-refractivity contribution in [3.63, 3.8) is 0 Å². The number of hydrogen-bond acceptors (Lipinski definition) is 4. The molecule has 2 rings (SSSR count). The first-order valence-electron chi connectivity index (χ1n) is 3.70. The molecule has 0 bridgehead atoms. The van der Waals surface area contributed by atoms with E-state index in [1.54, 1.807) is 17.9 Å². The van der Waals surface area contributed by atoms with Crippen LogP contribution in [0.1, 0.15) is 10.4 Å². The first-order valence-corrected chi connectivity index (χ1v) is 3.70. The monoisotopic (exact) mass is 177 g/mol. The molecule has 0 saturated carbocycles. The van der Waals surface area contributed by atoms with Crippen LogP contribution in [0.5, 0.6) is 0 Å². The average molecular weight is 177 g/mol. The second-order valence-corrected chi connectivity index (χ2v) is 2.64. The van der Waals surface area contributed by atoms with E-state index in [9.17, 15) is 4.79 Å². The van der Waals surface area contributed by atoms with Crippen molar-refractivity contribution in [3.8, 4) is 11.3 Å². The van der Waals surface area contributed by atoms with E-state index in [0.717, 1.165) is 6.29 Å². The highest BCUT2D eigenvalue weighted by molar-refractivity contribution is 5.84. The van der Waals surface area contributed by atoms with E-state index in [-0.39, 0.29) is 0 Å². The molecule has 0 N–H and O–H groups in total. The van der Waals surface area contributed by atoms with Crippen molar-refractivity contribution in [2.45, 2.75) is 0 Å². The van der Waals surface area contributed by atoms with Gasteiger partial charge in [0.05, 0.1) is 17.3 Å². The molecule has 0 atom stereocenters. The maximum Gasteiger partial charge on any atom is 0.153 e. The number of aromatic nitrogens is 3. The van der Waals surface area contributed by atoms with Gasteiger partial charge in [-0.2, -0.15) is 5.10 Å². The fraction of sp³-hybridized carbons (Fsp3) is 0.125. The lowest BCUT2D eigenvalue weighted by Crippen LogP contribution is -1.86. The maximum absolute atomic E-state index is 10.6. The van der Waals surface area contributed by atoms with E-state index < -0.39 is 0 Å². The Morgan fingerprint density at radius 1 is 1.62 bits per heavy atom. The number of carbonyl (C=O) groups excluding carboxylic acids is 1. The zero-order valence-corrected chi connectivity index (χ0v) is 6.97. The third kappa shape index (κ3) is 1.24. The van der Waals surface area contributed by atoms with E-state index in [0.29, 0.717) is 16.8 Å². The molecule has 0 unspecified atom stereocenters. The summed E-state index contributed by atoms with van der Waals surface area (Å²) in [6.45, 7) is 0. The largest absolute Gasteiger partial charge is 0.364 e. The molecule has 2 aromatic rings. The van der Waals surface area contributed by atoms with Gasteiger partial charge < -0.3 is 4.52 Å². The predicted octanol–water partition coefficient (Wildman–Crippen LogP) is 0.888. The van der Waals surface area contributed by atoms with Crippen LogP contribution in [0.2, 0.25) is 0 Å². The molecule has 0 amide bonds. The van der Waals surface area contributed by atoms with Crippen LogP contribution in [0.3, 0.4) is 0 Å². The van der Waals surface area contributed by atoms with Crippen molar-refractivity contribution in [1.82, 2.24) is 14.9 Å². The third-order valence-corrected chi connectivity index (χ3v) is 1.69. The molecule has 0 aliphatic heterocycles. The van der Waals surface area contributed by atoms with E-state index in [4.69, 9.17) is 0 Å². The molecule has 5 nitrogen and oxygen atoms in total. The molecule has 0 saturated heterocycles. The van der Waals surface area contributed by atoms with Crippen molar-refractivity contribution in [1.29, 1.82) is 0 Å². The summed E-state index contributed by atoms with van der Waals surface area (Å²) in [5.74, 6) is 0. The van der Waals surface area contributed by atoms with E-state index >= 15 is 0 Å². The van der Waals surface area contributed by atoms with Crippen molar-refractivity contribution in [3.05, 3.63) is 24.2 Å². The van der Waals surface area contributed by atoms with Crippen LogP contribution in [0.25, 0.3) is 11.3 Å². The van der Waals surface area contributed by atoms with E-state index in [1.807, 2.05) is 0 Å². The Kier molecular flexibility index (Phi) is 1.70. The van der Waals surface area contributed by atoms with Crippen LogP contribution in [-0.4, -0.2) is 21.2 Å². The van der Waals surface area contributed by atoms with Crippen molar-refractivity contribution >= 4 is 6.29 Å². The minimum absolute atomic E-state index is 0.533. The molecule has 5 heteroatoms. The van der Waals surface area contributed by atoms with Gasteiger partial charge in [0, 0.05) is 13.2 Å². The van der Waals surface area contributed by atoms with E-state index in [1.165, 1.54) is 12.5 Å². The maximum atomic E-state index is 10.6. The zero-order valence-electron chi connectivity index (χ0n) is 6.97. The molecule has 13 heavy (non-hydrogen) atoms. The van der Waals surface area contributed by atoms with Gasteiger partial charge in [-0.3, -0.25) is 9.48 Å². The van der Waals surface area contributed by atoms with Crippen molar-refractivity contribution in [2.24, 2.45) is 7.05 Å². The second-order valence-electron chi connectivity index (χ2n) is 2.64. The Hall–Kier alpha value is -1.91. The highest BCUT2D eigenvalue weighted by Gasteiger charge is 2.10. The Bertz CT molecular complexity index is 417. The van der Waals surface area contributed by atoms with Gasteiger partial charge in [-0.25, -0.2) is 0 Å². The van der Waals surface area contributed by atoms with Crippen LogP contribution < -0.4 is 0 Å². The number of aryl methyl sites for hydroxylation is 1. The highest BCUT2D eigenvalue weighted by Crippen LogP contribution is 2.19. The number of carbonyl (C=O) groups is 1. The van der Waals surface area contributed by atoms with Crippen LogP contribution in [0.4, 0.5) is 0 Å². The van der Waals surface area contributed by atoms with Gasteiger partial charge in [0.25, 0.3) is 0 Å². The first kappa shape index (κ1) is 7.72. The molecular weight excluding hydrogens is 170 g/mol. The van der Waals surface area contributed by atoms with Crippen LogP contribution >= 0.6 is 0 Å². The van der Waals surface area contributed by atoms with Gasteiger partial charge in [0.1, 0.15) is 12.0 Å². The Labute approximate surface area is 74.0 Å². The van der Waals surface area contributed by atoms with Crippen LogP contribution in [0, 0.1) is 0 Å². The van der Waals surface area contributed by atoms with Gasteiger partial charge in [0.2, 0.25) is 0 Å². The van der Waals surface area contributed by atoms with Gasteiger partial charge in [-0.1, -0.05) is 5.16 Å². The number of aldehydes is 1. The fourth-order valence-corrected chi connectivity index (χ4v) is 1.14.